The maximum atomic E-state index is 12.4. The highest BCUT2D eigenvalue weighted by Crippen LogP contribution is 2.24. The fourth-order valence-electron chi connectivity index (χ4n) is 2.06. The van der Waals surface area contributed by atoms with Crippen LogP contribution >= 0.6 is 23.8 Å². The number of nitrogens with one attached hydrogen (secondary N) is 1. The summed E-state index contributed by atoms with van der Waals surface area (Å²) in [6, 6.07) is 5.01. The van der Waals surface area contributed by atoms with Crippen molar-refractivity contribution in [3.05, 3.63) is 45.7 Å². The van der Waals surface area contributed by atoms with Gasteiger partial charge in [0.15, 0.2) is 0 Å². The lowest BCUT2D eigenvalue weighted by Crippen LogP contribution is -2.16. The van der Waals surface area contributed by atoms with E-state index in [0.717, 1.165) is 5.69 Å². The molecular weight excluding hydrogens is 308 g/mol. The monoisotopic (exact) mass is 322 g/mol. The summed E-state index contributed by atoms with van der Waals surface area (Å²) in [6.45, 7) is 3.62. The Kier molecular flexibility index (Phi) is 4.29. The summed E-state index contributed by atoms with van der Waals surface area (Å²) >= 11 is 11.0. The van der Waals surface area contributed by atoms with Crippen molar-refractivity contribution in [3.63, 3.8) is 0 Å². The molecule has 0 saturated carbocycles. The van der Waals surface area contributed by atoms with Crippen molar-refractivity contribution in [3.8, 4) is 0 Å². The minimum absolute atomic E-state index is 0.246. The Hall–Kier alpha value is -1.92. The number of rotatable bonds is 3. The summed E-state index contributed by atoms with van der Waals surface area (Å²) in [7, 11) is 1.79. The van der Waals surface area contributed by atoms with E-state index < -0.39 is 0 Å². The van der Waals surface area contributed by atoms with Gasteiger partial charge in [-0.25, -0.2) is 0 Å². The molecule has 5 nitrogen and oxygen atoms in total. The number of benzene rings is 1. The molecule has 0 aliphatic rings. The Balaban J connectivity index is 2.35. The van der Waals surface area contributed by atoms with Crippen molar-refractivity contribution >= 4 is 40.4 Å². The molecule has 1 amide bonds. The molecule has 0 aliphatic carbocycles. The minimum atomic E-state index is -0.264. The van der Waals surface area contributed by atoms with Crippen LogP contribution in [0.1, 0.15) is 27.3 Å². The van der Waals surface area contributed by atoms with Crippen LogP contribution in [0.5, 0.6) is 0 Å². The number of carbonyl (C=O) groups excluding carboxylic acids is 1. The second-order valence-electron chi connectivity index (χ2n) is 4.68. The Morgan fingerprint density at radius 1 is 1.43 bits per heavy atom. The highest BCUT2D eigenvalue weighted by Gasteiger charge is 2.18. The van der Waals surface area contributed by atoms with Gasteiger partial charge in [-0.05, 0) is 26.0 Å². The van der Waals surface area contributed by atoms with E-state index in [2.05, 4.69) is 10.4 Å². The van der Waals surface area contributed by atoms with E-state index in [0.29, 0.717) is 27.5 Å². The average molecular weight is 323 g/mol. The number of aromatic nitrogens is 2. The third kappa shape index (κ3) is 3.06. The number of hydrogen-bond donors (Lipinski definition) is 2. The van der Waals surface area contributed by atoms with Gasteiger partial charge in [0.05, 0.1) is 22.0 Å². The molecule has 0 atom stereocenters. The highest BCUT2D eigenvalue weighted by molar-refractivity contribution is 7.80. The molecule has 2 aromatic rings. The lowest BCUT2D eigenvalue weighted by atomic mass is 10.1. The number of hydrogen-bond acceptors (Lipinski definition) is 3. The molecule has 21 heavy (non-hydrogen) atoms. The van der Waals surface area contributed by atoms with Crippen LogP contribution in [-0.2, 0) is 7.05 Å². The SMILES string of the molecule is Cc1nn(C)c(C)c1C(=O)Nc1cc(C(N)=S)ccc1Cl. The smallest absolute Gasteiger partial charge is 0.259 e. The molecular formula is C14H15ClN4OS. The van der Waals surface area contributed by atoms with E-state index in [1.54, 1.807) is 36.9 Å². The van der Waals surface area contributed by atoms with Gasteiger partial charge in [0, 0.05) is 18.3 Å². The third-order valence-electron chi connectivity index (χ3n) is 3.24. The van der Waals surface area contributed by atoms with Gasteiger partial charge in [-0.15, -0.1) is 0 Å². The quantitative estimate of drug-likeness (QED) is 0.852. The normalized spacial score (nSPS) is 10.5. The number of amides is 1. The van der Waals surface area contributed by atoms with Gasteiger partial charge in [0.2, 0.25) is 0 Å². The molecule has 2 rings (SSSR count). The maximum absolute atomic E-state index is 12.4. The van der Waals surface area contributed by atoms with E-state index in [1.807, 2.05) is 6.92 Å². The van der Waals surface area contributed by atoms with Crippen LogP contribution in [0, 0.1) is 13.8 Å². The Bertz CT molecular complexity index is 739. The van der Waals surface area contributed by atoms with E-state index in [4.69, 9.17) is 29.6 Å². The van der Waals surface area contributed by atoms with Crippen molar-refractivity contribution < 1.29 is 4.79 Å². The molecule has 3 N–H and O–H groups in total. The van der Waals surface area contributed by atoms with Gasteiger partial charge < -0.3 is 11.1 Å². The number of anilines is 1. The predicted molar refractivity (Wildman–Crippen MR) is 88.0 cm³/mol. The molecule has 110 valence electrons. The molecule has 0 aliphatic heterocycles. The molecule has 1 aromatic carbocycles. The van der Waals surface area contributed by atoms with E-state index >= 15 is 0 Å². The minimum Gasteiger partial charge on any atom is -0.389 e. The van der Waals surface area contributed by atoms with Crippen LogP contribution in [0.15, 0.2) is 18.2 Å². The predicted octanol–water partition coefficient (Wildman–Crippen LogP) is 2.58. The number of thiocarbonyl (C=S) groups is 1. The van der Waals surface area contributed by atoms with E-state index in [1.165, 1.54) is 0 Å². The van der Waals surface area contributed by atoms with Crippen molar-refractivity contribution in [1.29, 1.82) is 0 Å². The number of nitrogens with zero attached hydrogens (tertiary/aromatic N) is 2. The second-order valence-corrected chi connectivity index (χ2v) is 5.53. The summed E-state index contributed by atoms with van der Waals surface area (Å²) < 4.78 is 1.66. The molecule has 1 heterocycles. The molecule has 0 radical (unpaired) electrons. The molecule has 0 bridgehead atoms. The summed E-state index contributed by atoms with van der Waals surface area (Å²) in [5.41, 5.74) is 8.68. The van der Waals surface area contributed by atoms with Crippen molar-refractivity contribution in [2.75, 3.05) is 5.32 Å². The van der Waals surface area contributed by atoms with Crippen LogP contribution in [0.25, 0.3) is 0 Å². The second kappa shape index (κ2) is 5.83. The fourth-order valence-corrected chi connectivity index (χ4v) is 2.35. The van der Waals surface area contributed by atoms with Gasteiger partial charge in [-0.3, -0.25) is 9.48 Å². The van der Waals surface area contributed by atoms with Crippen LogP contribution < -0.4 is 11.1 Å². The molecule has 0 spiro atoms. The fraction of sp³-hybridized carbons (Fsp3) is 0.214. The summed E-state index contributed by atoms with van der Waals surface area (Å²) in [6.07, 6.45) is 0. The Labute approximate surface area is 133 Å². The number of carbonyl (C=O) groups is 1. The first-order chi connectivity index (χ1) is 9.81. The van der Waals surface area contributed by atoms with Crippen molar-refractivity contribution in [2.24, 2.45) is 12.8 Å². The summed E-state index contributed by atoms with van der Waals surface area (Å²) in [4.78, 5) is 12.7. The Morgan fingerprint density at radius 2 is 2.10 bits per heavy atom. The lowest BCUT2D eigenvalue weighted by molar-refractivity contribution is 0.102. The van der Waals surface area contributed by atoms with Gasteiger partial charge in [-0.1, -0.05) is 29.9 Å². The highest BCUT2D eigenvalue weighted by atomic mass is 35.5. The van der Waals surface area contributed by atoms with Crippen LogP contribution in [0.2, 0.25) is 5.02 Å². The lowest BCUT2D eigenvalue weighted by Gasteiger charge is -2.09. The number of halogens is 1. The van der Waals surface area contributed by atoms with Crippen molar-refractivity contribution in [2.45, 2.75) is 13.8 Å². The number of nitrogens with two attached hydrogens (primary N) is 1. The van der Waals surface area contributed by atoms with Gasteiger partial charge in [-0.2, -0.15) is 5.10 Å². The summed E-state index contributed by atoms with van der Waals surface area (Å²) in [5, 5.41) is 7.42. The topological polar surface area (TPSA) is 72.9 Å². The third-order valence-corrected chi connectivity index (χ3v) is 3.80. The first kappa shape index (κ1) is 15.5. The van der Waals surface area contributed by atoms with Gasteiger partial charge in [0.1, 0.15) is 4.99 Å². The zero-order chi connectivity index (χ0) is 15.7. The Morgan fingerprint density at radius 3 is 2.62 bits per heavy atom. The molecule has 0 saturated heterocycles. The van der Waals surface area contributed by atoms with E-state index in [9.17, 15) is 4.79 Å². The first-order valence-corrected chi connectivity index (χ1v) is 7.00. The zero-order valence-electron chi connectivity index (χ0n) is 11.9. The summed E-state index contributed by atoms with van der Waals surface area (Å²) in [5.74, 6) is -0.264. The molecule has 7 heteroatoms. The van der Waals surface area contributed by atoms with Gasteiger partial charge >= 0.3 is 0 Å². The molecule has 0 unspecified atom stereocenters. The van der Waals surface area contributed by atoms with E-state index in [-0.39, 0.29) is 10.9 Å². The first-order valence-electron chi connectivity index (χ1n) is 6.22. The average Bonchev–Trinajstić information content (AvgIpc) is 2.65. The van der Waals surface area contributed by atoms with Crippen LogP contribution in [0.3, 0.4) is 0 Å². The standard InChI is InChI=1S/C14H15ClN4OS/c1-7-12(8(2)19(3)18-7)14(20)17-11-6-9(13(16)21)4-5-10(11)15/h4-6H,1-3H3,(H2,16,21)(H,17,20). The molecule has 0 fully saturated rings. The van der Waals surface area contributed by atoms with Gasteiger partial charge in [0.25, 0.3) is 5.91 Å². The zero-order valence-corrected chi connectivity index (χ0v) is 13.5. The maximum Gasteiger partial charge on any atom is 0.259 e. The molecule has 1 aromatic heterocycles. The van der Waals surface area contributed by atoms with Crippen LogP contribution in [-0.4, -0.2) is 20.7 Å². The largest absolute Gasteiger partial charge is 0.389 e. The van der Waals surface area contributed by atoms with Crippen LogP contribution in [0.4, 0.5) is 5.69 Å². The van der Waals surface area contributed by atoms with Crippen molar-refractivity contribution in [1.82, 2.24) is 9.78 Å². The number of aryl methyl sites for hydroxylation is 2.